The second-order valence-electron chi connectivity index (χ2n) is 4.70. The highest BCUT2D eigenvalue weighted by Crippen LogP contribution is 2.24. The van der Waals surface area contributed by atoms with E-state index in [-0.39, 0.29) is 23.0 Å². The molecule has 0 amide bonds. The third-order valence-corrected chi connectivity index (χ3v) is 3.56. The molecule has 0 spiro atoms. The number of hydrogen-bond donors (Lipinski definition) is 1. The van der Waals surface area contributed by atoms with Crippen LogP contribution in [0.2, 0.25) is 5.02 Å². The van der Waals surface area contributed by atoms with Gasteiger partial charge >= 0.3 is 0 Å². The zero-order valence-corrected chi connectivity index (χ0v) is 12.2. The molecule has 2 aromatic rings. The van der Waals surface area contributed by atoms with Crippen LogP contribution in [-0.4, -0.2) is 6.54 Å². The Kier molecular flexibility index (Phi) is 5.26. The summed E-state index contributed by atoms with van der Waals surface area (Å²) in [5, 5.41) is 3.18. The van der Waals surface area contributed by atoms with Crippen molar-refractivity contribution in [1.82, 2.24) is 5.32 Å². The molecule has 1 N–H and O–H groups in total. The van der Waals surface area contributed by atoms with Crippen LogP contribution >= 0.6 is 11.6 Å². The van der Waals surface area contributed by atoms with Crippen LogP contribution in [0, 0.1) is 17.5 Å². The Morgan fingerprint density at radius 3 is 2.52 bits per heavy atom. The Hall–Kier alpha value is -1.52. The quantitative estimate of drug-likeness (QED) is 0.847. The van der Waals surface area contributed by atoms with Crippen LogP contribution in [0.4, 0.5) is 13.2 Å². The van der Waals surface area contributed by atoms with E-state index in [0.29, 0.717) is 12.1 Å². The van der Waals surface area contributed by atoms with Gasteiger partial charge in [0.1, 0.15) is 5.82 Å². The molecule has 112 valence electrons. The highest BCUT2D eigenvalue weighted by atomic mass is 35.5. The van der Waals surface area contributed by atoms with Crippen molar-refractivity contribution < 1.29 is 13.2 Å². The molecule has 0 radical (unpaired) electrons. The van der Waals surface area contributed by atoms with Gasteiger partial charge in [0.2, 0.25) is 0 Å². The summed E-state index contributed by atoms with van der Waals surface area (Å²) in [7, 11) is 0. The summed E-state index contributed by atoms with van der Waals surface area (Å²) in [6.45, 7) is 2.51. The van der Waals surface area contributed by atoms with Gasteiger partial charge in [-0.15, -0.1) is 0 Å². The van der Waals surface area contributed by atoms with Gasteiger partial charge in [-0.05, 0) is 42.3 Å². The molecule has 0 aliphatic rings. The molecule has 0 bridgehead atoms. The monoisotopic (exact) mass is 313 g/mol. The highest BCUT2D eigenvalue weighted by molar-refractivity contribution is 6.30. The zero-order chi connectivity index (χ0) is 15.4. The number of nitrogens with one attached hydrogen (secondary N) is 1. The van der Waals surface area contributed by atoms with Crippen molar-refractivity contribution in [2.24, 2.45) is 0 Å². The van der Waals surface area contributed by atoms with Crippen LogP contribution in [0.15, 0.2) is 36.4 Å². The molecule has 0 aliphatic heterocycles. The maximum atomic E-state index is 13.8. The molecular weight excluding hydrogens is 299 g/mol. The number of rotatable bonds is 5. The zero-order valence-electron chi connectivity index (χ0n) is 11.5. The number of likely N-dealkylation sites (N-methyl/N-ethyl adjacent to an activating group) is 1. The lowest BCUT2D eigenvalue weighted by molar-refractivity contribution is 0.480. The lowest BCUT2D eigenvalue weighted by atomic mass is 9.98. The number of halogens is 4. The summed E-state index contributed by atoms with van der Waals surface area (Å²) in [4.78, 5) is 0. The van der Waals surface area contributed by atoms with Gasteiger partial charge in [0.15, 0.2) is 11.6 Å². The molecule has 0 saturated heterocycles. The van der Waals surface area contributed by atoms with Gasteiger partial charge in [-0.25, -0.2) is 13.2 Å². The summed E-state index contributed by atoms with van der Waals surface area (Å²) < 4.78 is 40.6. The Balaban J connectivity index is 2.30. The minimum atomic E-state index is -0.884. The van der Waals surface area contributed by atoms with Crippen molar-refractivity contribution in [3.8, 4) is 0 Å². The van der Waals surface area contributed by atoms with Gasteiger partial charge in [-0.1, -0.05) is 36.7 Å². The fraction of sp³-hybridized carbons (Fsp3) is 0.250. The highest BCUT2D eigenvalue weighted by Gasteiger charge is 2.16. The Labute approximate surface area is 126 Å². The number of hydrogen-bond acceptors (Lipinski definition) is 1. The molecule has 21 heavy (non-hydrogen) atoms. The fourth-order valence-electron chi connectivity index (χ4n) is 2.21. The van der Waals surface area contributed by atoms with Gasteiger partial charge in [0.05, 0.1) is 5.02 Å². The second kappa shape index (κ2) is 6.96. The Morgan fingerprint density at radius 2 is 1.86 bits per heavy atom. The van der Waals surface area contributed by atoms with Crippen molar-refractivity contribution in [1.29, 1.82) is 0 Å². The Bertz CT molecular complexity index is 631. The first kappa shape index (κ1) is 15.9. The lowest BCUT2D eigenvalue weighted by Gasteiger charge is -2.19. The SMILES string of the molecule is CCNC(Cc1cccc(F)c1F)c1ccc(Cl)c(F)c1. The summed E-state index contributed by atoms with van der Waals surface area (Å²) in [5.74, 6) is -2.28. The molecule has 0 saturated carbocycles. The Morgan fingerprint density at radius 1 is 1.10 bits per heavy atom. The smallest absolute Gasteiger partial charge is 0.162 e. The molecular formula is C16H15ClF3N. The maximum absolute atomic E-state index is 13.8. The van der Waals surface area contributed by atoms with Crippen molar-refractivity contribution in [3.63, 3.8) is 0 Å². The van der Waals surface area contributed by atoms with E-state index in [0.717, 1.165) is 6.07 Å². The molecule has 1 unspecified atom stereocenters. The van der Waals surface area contributed by atoms with Crippen LogP contribution in [-0.2, 0) is 6.42 Å². The van der Waals surface area contributed by atoms with E-state index in [2.05, 4.69) is 5.32 Å². The van der Waals surface area contributed by atoms with Crippen molar-refractivity contribution >= 4 is 11.6 Å². The summed E-state index contributed by atoms with van der Waals surface area (Å²) >= 11 is 5.66. The predicted molar refractivity (Wildman–Crippen MR) is 77.9 cm³/mol. The third-order valence-electron chi connectivity index (χ3n) is 3.25. The van der Waals surface area contributed by atoms with Gasteiger partial charge in [-0.2, -0.15) is 0 Å². The van der Waals surface area contributed by atoms with E-state index in [1.165, 1.54) is 24.3 Å². The topological polar surface area (TPSA) is 12.0 Å². The van der Waals surface area contributed by atoms with E-state index < -0.39 is 17.5 Å². The first-order valence-electron chi connectivity index (χ1n) is 6.64. The normalized spacial score (nSPS) is 12.4. The average Bonchev–Trinajstić information content (AvgIpc) is 2.46. The van der Waals surface area contributed by atoms with E-state index in [1.807, 2.05) is 6.92 Å². The van der Waals surface area contributed by atoms with E-state index in [4.69, 9.17) is 11.6 Å². The van der Waals surface area contributed by atoms with Gasteiger partial charge in [0, 0.05) is 6.04 Å². The maximum Gasteiger partial charge on any atom is 0.162 e. The third kappa shape index (κ3) is 3.77. The van der Waals surface area contributed by atoms with Crippen molar-refractivity contribution in [2.75, 3.05) is 6.54 Å². The molecule has 1 atom stereocenters. The summed E-state index contributed by atoms with van der Waals surface area (Å²) in [5.41, 5.74) is 0.888. The van der Waals surface area contributed by atoms with Gasteiger partial charge in [-0.3, -0.25) is 0 Å². The van der Waals surface area contributed by atoms with Gasteiger partial charge < -0.3 is 5.32 Å². The molecule has 0 aliphatic carbocycles. The molecule has 0 aromatic heterocycles. The average molecular weight is 314 g/mol. The van der Waals surface area contributed by atoms with Crippen LogP contribution in [0.25, 0.3) is 0 Å². The van der Waals surface area contributed by atoms with E-state index in [1.54, 1.807) is 6.07 Å². The predicted octanol–water partition coefficient (Wildman–Crippen LogP) is 4.65. The molecule has 2 aromatic carbocycles. The summed E-state index contributed by atoms with van der Waals surface area (Å²) in [6, 6.07) is 8.18. The minimum absolute atomic E-state index is 0.0333. The van der Waals surface area contributed by atoms with E-state index >= 15 is 0 Å². The van der Waals surface area contributed by atoms with Crippen LogP contribution in [0.5, 0.6) is 0 Å². The first-order valence-corrected chi connectivity index (χ1v) is 7.02. The van der Waals surface area contributed by atoms with Crippen molar-refractivity contribution in [2.45, 2.75) is 19.4 Å². The van der Waals surface area contributed by atoms with Crippen LogP contribution in [0.1, 0.15) is 24.1 Å². The standard InChI is InChI=1S/C16H15ClF3N/c1-2-21-15(10-6-7-12(17)14(19)8-10)9-11-4-3-5-13(18)16(11)20/h3-8,15,21H,2,9H2,1H3. The molecule has 0 heterocycles. The van der Waals surface area contributed by atoms with Crippen LogP contribution in [0.3, 0.4) is 0 Å². The van der Waals surface area contributed by atoms with Gasteiger partial charge in [0.25, 0.3) is 0 Å². The molecule has 2 rings (SSSR count). The molecule has 1 nitrogen and oxygen atoms in total. The van der Waals surface area contributed by atoms with Crippen LogP contribution < -0.4 is 5.32 Å². The first-order chi connectivity index (χ1) is 10.0. The number of benzene rings is 2. The minimum Gasteiger partial charge on any atom is -0.310 e. The second-order valence-corrected chi connectivity index (χ2v) is 5.11. The van der Waals surface area contributed by atoms with Crippen molar-refractivity contribution in [3.05, 3.63) is 70.0 Å². The van der Waals surface area contributed by atoms with E-state index in [9.17, 15) is 13.2 Å². The summed E-state index contributed by atoms with van der Waals surface area (Å²) in [6.07, 6.45) is 0.221. The largest absolute Gasteiger partial charge is 0.310 e. The fourth-order valence-corrected chi connectivity index (χ4v) is 2.33. The lowest BCUT2D eigenvalue weighted by Crippen LogP contribution is -2.23. The molecule has 5 heteroatoms. The molecule has 0 fully saturated rings.